The smallest absolute Gasteiger partial charge is 0.268 e. The first-order valence-corrected chi connectivity index (χ1v) is 9.30. The van der Waals surface area contributed by atoms with Crippen LogP contribution in [0.15, 0.2) is 53.0 Å². The fraction of sp³-hybridized carbons (Fsp3) is 0.300. The molecule has 3 atom stereocenters. The monoisotopic (exact) mass is 398 g/mol. The Hall–Kier alpha value is -1.98. The minimum Gasteiger partial charge on any atom is -0.303 e. The molecule has 0 unspecified atom stereocenters. The molecule has 0 aliphatic carbocycles. The highest BCUT2D eigenvalue weighted by Gasteiger charge is 2.50. The molecule has 1 saturated heterocycles. The van der Waals surface area contributed by atoms with E-state index in [4.69, 9.17) is 0 Å². The van der Waals surface area contributed by atoms with Crippen molar-refractivity contribution in [2.24, 2.45) is 5.92 Å². The van der Waals surface area contributed by atoms with E-state index in [2.05, 4.69) is 33.1 Å². The van der Waals surface area contributed by atoms with Crippen LogP contribution in [0.1, 0.15) is 34.5 Å². The van der Waals surface area contributed by atoms with Crippen molar-refractivity contribution in [1.82, 2.24) is 10.0 Å². The molecule has 4 rings (SSSR count). The molecule has 25 heavy (non-hydrogen) atoms. The molecule has 1 amide bonds. The zero-order chi connectivity index (χ0) is 17.6. The van der Waals surface area contributed by atoms with Gasteiger partial charge in [-0.1, -0.05) is 40.2 Å². The number of hydrogen-bond acceptors (Lipinski definition) is 3. The Balaban J connectivity index is 1.76. The summed E-state index contributed by atoms with van der Waals surface area (Å²) in [7, 11) is 0. The number of amides is 1. The molecule has 0 N–H and O–H groups in total. The summed E-state index contributed by atoms with van der Waals surface area (Å²) in [4.78, 5) is 25.0. The van der Waals surface area contributed by atoms with E-state index >= 15 is 0 Å². The largest absolute Gasteiger partial charge is 0.303 e. The first-order valence-electron chi connectivity index (χ1n) is 8.50. The molecule has 2 aromatic carbocycles. The number of nitrogens with zero attached hydrogens (tertiary/aromatic N) is 2. The van der Waals surface area contributed by atoms with Gasteiger partial charge in [0, 0.05) is 16.6 Å². The summed E-state index contributed by atoms with van der Waals surface area (Å²) in [5.74, 6) is -0.268. The molecule has 128 valence electrons. The molecule has 1 fully saturated rings. The highest BCUT2D eigenvalue weighted by atomic mass is 79.9. The van der Waals surface area contributed by atoms with E-state index in [1.807, 2.05) is 43.3 Å². The number of hydrazine groups is 1. The normalized spacial score (nSPS) is 25.4. The van der Waals surface area contributed by atoms with Crippen molar-refractivity contribution in [2.45, 2.75) is 25.4 Å². The van der Waals surface area contributed by atoms with E-state index in [0.717, 1.165) is 29.3 Å². The SMILES string of the molecule is C[C@H]1[C@H](C=O)[C@H]2c3ccc(Br)cc3CCN2N1C(=O)c1ccccc1. The lowest BCUT2D eigenvalue weighted by Crippen LogP contribution is -2.47. The van der Waals surface area contributed by atoms with Gasteiger partial charge >= 0.3 is 0 Å². The molecule has 0 spiro atoms. The Morgan fingerprint density at radius 3 is 2.68 bits per heavy atom. The van der Waals surface area contributed by atoms with Gasteiger partial charge in [-0.05, 0) is 48.7 Å². The van der Waals surface area contributed by atoms with Gasteiger partial charge in [0.25, 0.3) is 5.91 Å². The molecule has 0 bridgehead atoms. The third kappa shape index (κ3) is 2.62. The summed E-state index contributed by atoms with van der Waals surface area (Å²) in [5, 5.41) is 3.89. The third-order valence-corrected chi connectivity index (χ3v) is 5.82. The van der Waals surface area contributed by atoms with Crippen LogP contribution in [0.2, 0.25) is 0 Å². The van der Waals surface area contributed by atoms with Crippen LogP contribution in [0.3, 0.4) is 0 Å². The molecule has 2 heterocycles. The van der Waals surface area contributed by atoms with Gasteiger partial charge in [0.1, 0.15) is 6.29 Å². The predicted molar refractivity (Wildman–Crippen MR) is 98.9 cm³/mol. The zero-order valence-electron chi connectivity index (χ0n) is 13.9. The first-order chi connectivity index (χ1) is 12.1. The Morgan fingerprint density at radius 2 is 1.96 bits per heavy atom. The minimum atomic E-state index is -0.229. The van der Waals surface area contributed by atoms with Crippen LogP contribution >= 0.6 is 15.9 Å². The molecule has 0 saturated carbocycles. The average Bonchev–Trinajstić information content (AvgIpc) is 2.93. The van der Waals surface area contributed by atoms with Crippen molar-refractivity contribution in [2.75, 3.05) is 6.54 Å². The average molecular weight is 399 g/mol. The maximum atomic E-state index is 13.1. The number of benzene rings is 2. The van der Waals surface area contributed by atoms with Gasteiger partial charge in [0.15, 0.2) is 0 Å². The molecule has 2 aliphatic rings. The molecule has 0 radical (unpaired) electrons. The Morgan fingerprint density at radius 1 is 1.20 bits per heavy atom. The van der Waals surface area contributed by atoms with Gasteiger partial charge in [-0.2, -0.15) is 0 Å². The number of rotatable bonds is 2. The molecule has 5 heteroatoms. The summed E-state index contributed by atoms with van der Waals surface area (Å²) in [6.07, 6.45) is 1.87. The highest BCUT2D eigenvalue weighted by Crippen LogP contribution is 2.45. The van der Waals surface area contributed by atoms with Gasteiger partial charge in [-0.15, -0.1) is 0 Å². The van der Waals surface area contributed by atoms with Crippen molar-refractivity contribution in [1.29, 1.82) is 0 Å². The van der Waals surface area contributed by atoms with Crippen LogP contribution in [0.4, 0.5) is 0 Å². The standard InChI is InChI=1S/C20H19BrN2O2/c1-13-18(12-24)19-17-8-7-16(21)11-15(17)9-10-22(19)23(13)20(25)14-5-3-2-4-6-14/h2-8,11-13,18-19H,9-10H2,1H3/t13-,18-,19+/m0/s1. The van der Waals surface area contributed by atoms with Gasteiger partial charge < -0.3 is 4.79 Å². The Labute approximate surface area is 155 Å². The molecule has 2 aliphatic heterocycles. The second-order valence-corrected chi connectivity index (χ2v) is 7.59. The molecular weight excluding hydrogens is 380 g/mol. The van der Waals surface area contributed by atoms with Gasteiger partial charge in [0.2, 0.25) is 0 Å². The number of hydrogen-bond donors (Lipinski definition) is 0. The van der Waals surface area contributed by atoms with Crippen molar-refractivity contribution >= 4 is 28.1 Å². The zero-order valence-corrected chi connectivity index (χ0v) is 15.5. The number of aldehydes is 1. The Bertz CT molecular complexity index is 824. The molecule has 0 aromatic heterocycles. The minimum absolute atomic E-state index is 0.0389. The van der Waals surface area contributed by atoms with Gasteiger partial charge in [0.05, 0.1) is 18.0 Å². The lowest BCUT2D eigenvalue weighted by atomic mass is 9.85. The fourth-order valence-electron chi connectivity index (χ4n) is 4.13. The van der Waals surface area contributed by atoms with E-state index in [0.29, 0.717) is 5.56 Å². The molecule has 2 aromatic rings. The number of fused-ring (bicyclic) bond motifs is 3. The quantitative estimate of drug-likeness (QED) is 0.725. The lowest BCUT2D eigenvalue weighted by molar-refractivity contribution is -0.112. The molecular formula is C20H19BrN2O2. The Kier molecular flexibility index (Phi) is 4.21. The topological polar surface area (TPSA) is 40.6 Å². The summed E-state index contributed by atoms with van der Waals surface area (Å²) in [6, 6.07) is 15.3. The maximum absolute atomic E-state index is 13.1. The second-order valence-electron chi connectivity index (χ2n) is 6.67. The van der Waals surface area contributed by atoms with Gasteiger partial charge in [-0.3, -0.25) is 9.80 Å². The van der Waals surface area contributed by atoms with Crippen LogP contribution in [-0.2, 0) is 11.2 Å². The van der Waals surface area contributed by atoms with Crippen LogP contribution < -0.4 is 0 Å². The summed E-state index contributed by atoms with van der Waals surface area (Å²) >= 11 is 3.53. The van der Waals surface area contributed by atoms with Crippen molar-refractivity contribution in [3.05, 3.63) is 69.7 Å². The maximum Gasteiger partial charge on any atom is 0.268 e. The second kappa shape index (κ2) is 6.39. The lowest BCUT2D eigenvalue weighted by Gasteiger charge is -2.37. The van der Waals surface area contributed by atoms with Crippen LogP contribution in [0.5, 0.6) is 0 Å². The van der Waals surface area contributed by atoms with Gasteiger partial charge in [-0.25, -0.2) is 5.01 Å². The summed E-state index contributed by atoms with van der Waals surface area (Å²) in [5.41, 5.74) is 3.06. The van der Waals surface area contributed by atoms with Crippen LogP contribution in [-0.4, -0.2) is 34.8 Å². The van der Waals surface area contributed by atoms with E-state index in [-0.39, 0.29) is 23.9 Å². The van der Waals surface area contributed by atoms with Crippen LogP contribution in [0, 0.1) is 5.92 Å². The van der Waals surface area contributed by atoms with Crippen molar-refractivity contribution in [3.63, 3.8) is 0 Å². The van der Waals surface area contributed by atoms with Crippen molar-refractivity contribution < 1.29 is 9.59 Å². The molecule has 4 nitrogen and oxygen atoms in total. The van der Waals surface area contributed by atoms with E-state index in [1.54, 1.807) is 5.01 Å². The van der Waals surface area contributed by atoms with Crippen LogP contribution in [0.25, 0.3) is 0 Å². The van der Waals surface area contributed by atoms with E-state index in [9.17, 15) is 9.59 Å². The number of carbonyl (C=O) groups excluding carboxylic acids is 2. The number of halogens is 1. The summed E-state index contributed by atoms with van der Waals surface area (Å²) < 4.78 is 1.05. The predicted octanol–water partition coefficient (Wildman–Crippen LogP) is 3.62. The number of carbonyl (C=O) groups is 2. The summed E-state index contributed by atoms with van der Waals surface area (Å²) in [6.45, 7) is 2.71. The fourth-order valence-corrected chi connectivity index (χ4v) is 4.53. The highest BCUT2D eigenvalue weighted by molar-refractivity contribution is 9.10. The van der Waals surface area contributed by atoms with E-state index in [1.165, 1.54) is 5.56 Å². The first kappa shape index (κ1) is 16.5. The van der Waals surface area contributed by atoms with E-state index < -0.39 is 0 Å². The third-order valence-electron chi connectivity index (χ3n) is 5.33. The van der Waals surface area contributed by atoms with Crippen molar-refractivity contribution in [3.8, 4) is 0 Å².